The molecule has 2 aromatic carbocycles. The molecule has 5 nitrogen and oxygen atoms in total. The van der Waals surface area contributed by atoms with Crippen molar-refractivity contribution in [2.75, 3.05) is 11.9 Å². The molecule has 8 heteroatoms. The summed E-state index contributed by atoms with van der Waals surface area (Å²) in [7, 11) is -3.70. The molecule has 144 valence electrons. The van der Waals surface area contributed by atoms with Crippen LogP contribution < -0.4 is 5.32 Å². The Kier molecular flexibility index (Phi) is 5.83. The van der Waals surface area contributed by atoms with E-state index >= 15 is 0 Å². The highest BCUT2D eigenvalue weighted by Crippen LogP contribution is 2.26. The molecule has 1 fully saturated rings. The van der Waals surface area contributed by atoms with Gasteiger partial charge in [-0.3, -0.25) is 4.79 Å². The van der Waals surface area contributed by atoms with Gasteiger partial charge in [-0.2, -0.15) is 4.31 Å². The molecule has 0 bridgehead atoms. The lowest BCUT2D eigenvalue weighted by Crippen LogP contribution is -2.41. The molecule has 0 spiro atoms. The first-order valence-corrected chi connectivity index (χ1v) is 10.5. The standard InChI is InChI=1S/C19H20ClFN2O3S/c1-13-6-2-3-11-23(13)27(25,26)15-8-4-7-14(12-15)19(24)22-17-10-5-9-16(20)18(17)21/h4-5,7-10,12-13H,2-3,6,11H2,1H3,(H,22,24)/t13-/m1/s1. The molecule has 1 aliphatic heterocycles. The van der Waals surface area contributed by atoms with Gasteiger partial charge in [0.2, 0.25) is 10.0 Å². The molecule has 1 amide bonds. The zero-order valence-electron chi connectivity index (χ0n) is 14.8. The van der Waals surface area contributed by atoms with Crippen LogP contribution in [0.25, 0.3) is 0 Å². The second-order valence-corrected chi connectivity index (χ2v) is 8.84. The molecule has 3 rings (SSSR count). The third-order valence-corrected chi connectivity index (χ3v) is 6.95. The van der Waals surface area contributed by atoms with Crippen LogP contribution >= 0.6 is 11.6 Å². The van der Waals surface area contributed by atoms with Crippen LogP contribution in [0.15, 0.2) is 47.4 Å². The maximum absolute atomic E-state index is 14.0. The molecular formula is C19H20ClFN2O3S. The third-order valence-electron chi connectivity index (χ3n) is 4.64. The van der Waals surface area contributed by atoms with E-state index in [9.17, 15) is 17.6 Å². The molecule has 0 saturated carbocycles. The van der Waals surface area contributed by atoms with E-state index in [1.807, 2.05) is 6.92 Å². The monoisotopic (exact) mass is 410 g/mol. The van der Waals surface area contributed by atoms with E-state index in [1.165, 1.54) is 46.8 Å². The van der Waals surface area contributed by atoms with E-state index in [0.29, 0.717) is 6.54 Å². The van der Waals surface area contributed by atoms with Crippen molar-refractivity contribution in [3.63, 3.8) is 0 Å². The van der Waals surface area contributed by atoms with Gasteiger partial charge in [-0.05, 0) is 50.1 Å². The molecule has 0 unspecified atom stereocenters. The van der Waals surface area contributed by atoms with E-state index in [1.54, 1.807) is 0 Å². The van der Waals surface area contributed by atoms with Crippen LogP contribution in [-0.4, -0.2) is 31.2 Å². The fourth-order valence-corrected chi connectivity index (χ4v) is 5.08. The highest BCUT2D eigenvalue weighted by Gasteiger charge is 2.31. The van der Waals surface area contributed by atoms with Crippen molar-refractivity contribution >= 4 is 33.2 Å². The highest BCUT2D eigenvalue weighted by molar-refractivity contribution is 7.89. The van der Waals surface area contributed by atoms with Crippen LogP contribution in [0, 0.1) is 5.82 Å². The van der Waals surface area contributed by atoms with Gasteiger partial charge in [0.05, 0.1) is 15.6 Å². The highest BCUT2D eigenvalue weighted by atomic mass is 35.5. The van der Waals surface area contributed by atoms with Gasteiger partial charge in [-0.25, -0.2) is 12.8 Å². The van der Waals surface area contributed by atoms with Gasteiger partial charge < -0.3 is 5.32 Å². The summed E-state index contributed by atoms with van der Waals surface area (Å²) >= 11 is 5.72. The van der Waals surface area contributed by atoms with E-state index in [4.69, 9.17) is 11.6 Å². The maximum Gasteiger partial charge on any atom is 0.255 e. The van der Waals surface area contributed by atoms with E-state index in [-0.39, 0.29) is 27.2 Å². The van der Waals surface area contributed by atoms with Gasteiger partial charge >= 0.3 is 0 Å². The second kappa shape index (κ2) is 7.96. The number of nitrogens with one attached hydrogen (secondary N) is 1. The molecule has 27 heavy (non-hydrogen) atoms. The van der Waals surface area contributed by atoms with Crippen molar-refractivity contribution in [3.8, 4) is 0 Å². The number of rotatable bonds is 4. The number of halogens is 2. The third kappa shape index (κ3) is 4.15. The first-order valence-electron chi connectivity index (χ1n) is 8.68. The number of anilines is 1. The Bertz CT molecular complexity index is 965. The predicted molar refractivity (Wildman–Crippen MR) is 103 cm³/mol. The zero-order valence-corrected chi connectivity index (χ0v) is 16.4. The van der Waals surface area contributed by atoms with Crippen LogP contribution in [0.1, 0.15) is 36.5 Å². The number of benzene rings is 2. The molecule has 0 radical (unpaired) electrons. The number of hydrogen-bond acceptors (Lipinski definition) is 3. The molecule has 1 atom stereocenters. The molecule has 0 aromatic heterocycles. The van der Waals surface area contributed by atoms with Crippen LogP contribution in [0.4, 0.5) is 10.1 Å². The van der Waals surface area contributed by atoms with Crippen molar-refractivity contribution in [2.45, 2.75) is 37.1 Å². The quantitative estimate of drug-likeness (QED) is 0.817. The lowest BCUT2D eigenvalue weighted by atomic mass is 10.1. The van der Waals surface area contributed by atoms with Gasteiger partial charge in [-0.15, -0.1) is 0 Å². The van der Waals surface area contributed by atoms with E-state index in [2.05, 4.69) is 5.32 Å². The summed E-state index contributed by atoms with van der Waals surface area (Å²) in [5.74, 6) is -1.35. The number of nitrogens with zero attached hydrogens (tertiary/aromatic N) is 1. The summed E-state index contributed by atoms with van der Waals surface area (Å²) in [6.07, 6.45) is 2.63. The van der Waals surface area contributed by atoms with Crippen LogP contribution in [0.2, 0.25) is 5.02 Å². The Labute approximate surface area is 163 Å². The molecule has 1 saturated heterocycles. The summed E-state index contributed by atoms with van der Waals surface area (Å²) < 4.78 is 41.4. The topological polar surface area (TPSA) is 66.5 Å². The Hall–Kier alpha value is -1.96. The normalized spacial score (nSPS) is 18.3. The van der Waals surface area contributed by atoms with E-state index < -0.39 is 21.7 Å². The number of carbonyl (C=O) groups excluding carboxylic acids is 1. The summed E-state index contributed by atoms with van der Waals surface area (Å²) in [6, 6.07) is 9.96. The van der Waals surface area contributed by atoms with Gasteiger partial charge in [0.1, 0.15) is 0 Å². The number of hydrogen-bond donors (Lipinski definition) is 1. The Morgan fingerprint density at radius 3 is 2.70 bits per heavy atom. The summed E-state index contributed by atoms with van der Waals surface area (Å²) in [5.41, 5.74) is 0.0607. The van der Waals surface area contributed by atoms with Crippen LogP contribution in [0.5, 0.6) is 0 Å². The smallest absolute Gasteiger partial charge is 0.255 e. The Morgan fingerprint density at radius 1 is 1.22 bits per heavy atom. The Morgan fingerprint density at radius 2 is 1.96 bits per heavy atom. The van der Waals surface area contributed by atoms with Gasteiger partial charge in [-0.1, -0.05) is 30.2 Å². The van der Waals surface area contributed by atoms with Crippen molar-refractivity contribution < 1.29 is 17.6 Å². The number of amides is 1. The summed E-state index contributed by atoms with van der Waals surface area (Å²) in [4.78, 5) is 12.5. The molecule has 0 aliphatic carbocycles. The lowest BCUT2D eigenvalue weighted by molar-refractivity contribution is 0.102. The average Bonchev–Trinajstić information content (AvgIpc) is 2.65. The Balaban J connectivity index is 1.86. The number of sulfonamides is 1. The van der Waals surface area contributed by atoms with E-state index in [0.717, 1.165) is 19.3 Å². The lowest BCUT2D eigenvalue weighted by Gasteiger charge is -2.32. The molecule has 2 aromatic rings. The SMILES string of the molecule is C[C@@H]1CCCCN1S(=O)(=O)c1cccc(C(=O)Nc2cccc(Cl)c2F)c1. The number of carbonyl (C=O) groups is 1. The zero-order chi connectivity index (χ0) is 19.6. The minimum atomic E-state index is -3.70. The van der Waals surface area contributed by atoms with Crippen molar-refractivity contribution in [3.05, 3.63) is 58.9 Å². The first kappa shape index (κ1) is 19.8. The second-order valence-electron chi connectivity index (χ2n) is 6.54. The molecule has 1 N–H and O–H groups in total. The maximum atomic E-state index is 14.0. The minimum Gasteiger partial charge on any atom is -0.319 e. The summed E-state index contributed by atoms with van der Waals surface area (Å²) in [6.45, 7) is 2.35. The summed E-state index contributed by atoms with van der Waals surface area (Å²) in [5, 5.41) is 2.32. The van der Waals surface area contributed by atoms with Crippen molar-refractivity contribution in [1.29, 1.82) is 0 Å². The molecule has 1 heterocycles. The van der Waals surface area contributed by atoms with Crippen molar-refractivity contribution in [2.24, 2.45) is 0 Å². The fraction of sp³-hybridized carbons (Fsp3) is 0.316. The fourth-order valence-electron chi connectivity index (χ4n) is 3.16. The van der Waals surface area contributed by atoms with Crippen molar-refractivity contribution in [1.82, 2.24) is 4.31 Å². The largest absolute Gasteiger partial charge is 0.319 e. The van der Waals surface area contributed by atoms with Gasteiger partial charge in [0.15, 0.2) is 5.82 Å². The minimum absolute atomic E-state index is 0.0514. The molecule has 1 aliphatic rings. The average molecular weight is 411 g/mol. The van der Waals surface area contributed by atoms with Crippen LogP contribution in [0.3, 0.4) is 0 Å². The first-order chi connectivity index (χ1) is 12.8. The number of piperidine rings is 1. The van der Waals surface area contributed by atoms with Gasteiger partial charge in [0.25, 0.3) is 5.91 Å². The molecular weight excluding hydrogens is 391 g/mol. The van der Waals surface area contributed by atoms with Crippen LogP contribution in [-0.2, 0) is 10.0 Å². The van der Waals surface area contributed by atoms with Gasteiger partial charge in [0, 0.05) is 18.2 Å². The predicted octanol–water partition coefficient (Wildman–Crippen LogP) is 4.29.